The van der Waals surface area contributed by atoms with E-state index in [1.165, 1.54) is 0 Å². The Morgan fingerprint density at radius 2 is 2.50 bits per heavy atom. The van der Waals surface area contributed by atoms with Gasteiger partial charge in [0.05, 0.1) is 5.38 Å². The Bertz CT molecular complexity index is 145. The predicted molar refractivity (Wildman–Crippen MR) is 44.9 cm³/mol. The summed E-state index contributed by atoms with van der Waals surface area (Å²) in [6.45, 7) is 4.22. The highest BCUT2D eigenvalue weighted by molar-refractivity contribution is 6.32. The summed E-state index contributed by atoms with van der Waals surface area (Å²) in [7, 11) is 1.80. The van der Waals surface area contributed by atoms with Crippen LogP contribution in [0.15, 0.2) is 4.99 Å². The first-order valence-corrected chi connectivity index (χ1v) is 4.09. The van der Waals surface area contributed by atoms with Crippen molar-refractivity contribution in [1.82, 2.24) is 4.90 Å². The molecule has 0 aliphatic carbocycles. The lowest BCUT2D eigenvalue weighted by molar-refractivity contribution is 0.478. The van der Waals surface area contributed by atoms with Gasteiger partial charge < -0.3 is 4.90 Å². The number of aliphatic imine (C=N–C) groups is 1. The average Bonchev–Trinajstić information content (AvgIpc) is 2.30. The summed E-state index contributed by atoms with van der Waals surface area (Å²) in [6.07, 6.45) is 1.04. The van der Waals surface area contributed by atoms with Gasteiger partial charge in [0.15, 0.2) is 0 Å². The Labute approximate surface area is 66.9 Å². The summed E-state index contributed by atoms with van der Waals surface area (Å²) < 4.78 is 0. The van der Waals surface area contributed by atoms with Crippen molar-refractivity contribution in [2.75, 3.05) is 20.1 Å². The van der Waals surface area contributed by atoms with E-state index >= 15 is 0 Å². The molecule has 1 saturated heterocycles. The molecule has 1 aliphatic rings. The zero-order valence-electron chi connectivity index (χ0n) is 6.47. The van der Waals surface area contributed by atoms with Crippen LogP contribution >= 0.6 is 11.6 Å². The monoisotopic (exact) mass is 160 g/mol. The van der Waals surface area contributed by atoms with Crippen LogP contribution in [-0.4, -0.2) is 36.2 Å². The molecule has 1 fully saturated rings. The molecule has 10 heavy (non-hydrogen) atoms. The fourth-order valence-corrected chi connectivity index (χ4v) is 1.65. The molecule has 1 rings (SSSR count). The van der Waals surface area contributed by atoms with Crippen LogP contribution in [0.5, 0.6) is 0 Å². The topological polar surface area (TPSA) is 15.6 Å². The van der Waals surface area contributed by atoms with E-state index in [1.807, 2.05) is 0 Å². The Kier molecular flexibility index (Phi) is 2.55. The Balaban J connectivity index is 2.64. The minimum absolute atomic E-state index is 0.157. The zero-order valence-corrected chi connectivity index (χ0v) is 7.23. The first-order chi connectivity index (χ1) is 4.79. The maximum atomic E-state index is 5.98. The molecule has 1 heterocycles. The minimum Gasteiger partial charge on any atom is -0.359 e. The van der Waals surface area contributed by atoms with Gasteiger partial charge in [0.1, 0.15) is 5.84 Å². The molecule has 0 spiro atoms. The van der Waals surface area contributed by atoms with Gasteiger partial charge in [-0.25, -0.2) is 0 Å². The highest BCUT2D eigenvalue weighted by Gasteiger charge is 2.25. The third-order valence-electron chi connectivity index (χ3n) is 1.87. The van der Waals surface area contributed by atoms with Crippen LogP contribution in [0.2, 0.25) is 0 Å². The van der Waals surface area contributed by atoms with Gasteiger partial charge in [0, 0.05) is 20.1 Å². The molecule has 0 N–H and O–H groups in total. The third-order valence-corrected chi connectivity index (χ3v) is 2.28. The number of hydrogen-bond donors (Lipinski definition) is 0. The summed E-state index contributed by atoms with van der Waals surface area (Å²) in [5.41, 5.74) is 0. The molecule has 0 radical (unpaired) electrons. The molecule has 1 unspecified atom stereocenters. The SMILES string of the molecule is CCN1CCC(Cl)C1=NC. The third kappa shape index (κ3) is 1.26. The number of hydrogen-bond acceptors (Lipinski definition) is 1. The van der Waals surface area contributed by atoms with Crippen molar-refractivity contribution < 1.29 is 0 Å². The van der Waals surface area contributed by atoms with Crippen LogP contribution < -0.4 is 0 Å². The van der Waals surface area contributed by atoms with Gasteiger partial charge in [0.2, 0.25) is 0 Å². The fraction of sp³-hybridized carbons (Fsp3) is 0.857. The summed E-state index contributed by atoms with van der Waals surface area (Å²) in [6, 6.07) is 0. The Hall–Kier alpha value is -0.240. The first-order valence-electron chi connectivity index (χ1n) is 3.65. The van der Waals surface area contributed by atoms with Crippen LogP contribution in [0, 0.1) is 0 Å². The van der Waals surface area contributed by atoms with Crippen LogP contribution in [0.3, 0.4) is 0 Å². The number of halogens is 1. The van der Waals surface area contributed by atoms with Gasteiger partial charge in [-0.3, -0.25) is 4.99 Å². The van der Waals surface area contributed by atoms with Crippen LogP contribution in [0.25, 0.3) is 0 Å². The van der Waals surface area contributed by atoms with Crippen molar-refractivity contribution >= 4 is 17.4 Å². The molecule has 1 aliphatic heterocycles. The average molecular weight is 161 g/mol. The Morgan fingerprint density at radius 1 is 1.80 bits per heavy atom. The van der Waals surface area contributed by atoms with Gasteiger partial charge in [-0.1, -0.05) is 0 Å². The molecular formula is C7H13ClN2. The lowest BCUT2D eigenvalue weighted by atomic mass is 10.4. The highest BCUT2D eigenvalue weighted by Crippen LogP contribution is 2.16. The second-order valence-corrected chi connectivity index (χ2v) is 2.94. The van der Waals surface area contributed by atoms with E-state index in [9.17, 15) is 0 Å². The number of amidine groups is 1. The van der Waals surface area contributed by atoms with E-state index in [2.05, 4.69) is 16.8 Å². The van der Waals surface area contributed by atoms with E-state index in [-0.39, 0.29) is 5.38 Å². The lowest BCUT2D eigenvalue weighted by Gasteiger charge is -2.15. The fourth-order valence-electron chi connectivity index (χ4n) is 1.31. The van der Waals surface area contributed by atoms with E-state index in [4.69, 9.17) is 11.6 Å². The van der Waals surface area contributed by atoms with Crippen molar-refractivity contribution in [3.63, 3.8) is 0 Å². The van der Waals surface area contributed by atoms with Gasteiger partial charge in [-0.05, 0) is 13.3 Å². The van der Waals surface area contributed by atoms with Crippen LogP contribution in [-0.2, 0) is 0 Å². The van der Waals surface area contributed by atoms with Gasteiger partial charge in [0.25, 0.3) is 0 Å². The van der Waals surface area contributed by atoms with E-state index in [0.717, 1.165) is 25.3 Å². The molecule has 0 aromatic carbocycles. The van der Waals surface area contributed by atoms with Gasteiger partial charge >= 0.3 is 0 Å². The quantitative estimate of drug-likeness (QED) is 0.529. The van der Waals surface area contributed by atoms with Crippen molar-refractivity contribution in [2.24, 2.45) is 4.99 Å². The van der Waals surface area contributed by atoms with Gasteiger partial charge in [-0.2, -0.15) is 0 Å². The van der Waals surface area contributed by atoms with E-state index < -0.39 is 0 Å². The number of alkyl halides is 1. The first kappa shape index (κ1) is 7.86. The minimum atomic E-state index is 0.157. The zero-order chi connectivity index (χ0) is 7.56. The van der Waals surface area contributed by atoms with Crippen molar-refractivity contribution in [3.05, 3.63) is 0 Å². The van der Waals surface area contributed by atoms with Gasteiger partial charge in [-0.15, -0.1) is 11.6 Å². The molecule has 0 saturated carbocycles. The summed E-state index contributed by atoms with van der Waals surface area (Å²) in [5.74, 6) is 1.06. The predicted octanol–water partition coefficient (Wildman–Crippen LogP) is 1.35. The highest BCUT2D eigenvalue weighted by atomic mass is 35.5. The maximum absolute atomic E-state index is 5.98. The van der Waals surface area contributed by atoms with Crippen molar-refractivity contribution in [2.45, 2.75) is 18.7 Å². The molecule has 1 atom stereocenters. The number of likely N-dealkylation sites (tertiary alicyclic amines) is 1. The molecule has 3 heteroatoms. The molecule has 0 aromatic heterocycles. The summed E-state index contributed by atoms with van der Waals surface area (Å²) in [4.78, 5) is 6.35. The van der Waals surface area contributed by atoms with E-state index in [0.29, 0.717) is 0 Å². The number of rotatable bonds is 1. The lowest BCUT2D eigenvalue weighted by Crippen LogP contribution is -2.27. The second kappa shape index (κ2) is 3.24. The van der Waals surface area contributed by atoms with Crippen molar-refractivity contribution in [3.8, 4) is 0 Å². The molecule has 58 valence electrons. The maximum Gasteiger partial charge on any atom is 0.117 e. The largest absolute Gasteiger partial charge is 0.359 e. The molecule has 2 nitrogen and oxygen atoms in total. The second-order valence-electron chi connectivity index (χ2n) is 2.42. The number of nitrogens with zero attached hydrogens (tertiary/aromatic N) is 2. The molecule has 0 bridgehead atoms. The van der Waals surface area contributed by atoms with Crippen LogP contribution in [0.1, 0.15) is 13.3 Å². The molecule has 0 amide bonds. The molecular weight excluding hydrogens is 148 g/mol. The summed E-state index contributed by atoms with van der Waals surface area (Å²) in [5, 5.41) is 0.157. The summed E-state index contributed by atoms with van der Waals surface area (Å²) >= 11 is 5.98. The molecule has 0 aromatic rings. The van der Waals surface area contributed by atoms with Crippen LogP contribution in [0.4, 0.5) is 0 Å². The normalized spacial score (nSPS) is 30.1. The standard InChI is InChI=1S/C7H13ClN2/c1-3-10-5-4-6(8)7(10)9-2/h6H,3-5H2,1-2H3. The van der Waals surface area contributed by atoms with Crippen molar-refractivity contribution in [1.29, 1.82) is 0 Å². The van der Waals surface area contributed by atoms with E-state index in [1.54, 1.807) is 7.05 Å². The smallest absolute Gasteiger partial charge is 0.117 e. The Morgan fingerprint density at radius 3 is 2.90 bits per heavy atom.